The molecule has 1 saturated heterocycles. The summed E-state index contributed by atoms with van der Waals surface area (Å²) in [7, 11) is -3.49. The zero-order valence-electron chi connectivity index (χ0n) is 18.2. The van der Waals surface area contributed by atoms with E-state index in [1.165, 1.54) is 23.1 Å². The van der Waals surface area contributed by atoms with Gasteiger partial charge in [-0.15, -0.1) is 0 Å². The molecule has 33 heavy (non-hydrogen) atoms. The number of nitrogens with zero attached hydrogens (tertiary/aromatic N) is 1. The Morgan fingerprint density at radius 3 is 2.61 bits per heavy atom. The molecule has 1 fully saturated rings. The van der Waals surface area contributed by atoms with Crippen LogP contribution in [0.25, 0.3) is 11.1 Å². The van der Waals surface area contributed by atoms with Crippen molar-refractivity contribution in [3.05, 3.63) is 78.1 Å². The smallest absolute Gasteiger partial charge is 0.268 e. The normalized spacial score (nSPS) is 16.6. The Morgan fingerprint density at radius 2 is 1.88 bits per heavy atom. The van der Waals surface area contributed by atoms with Gasteiger partial charge in [-0.05, 0) is 54.3 Å². The third-order valence-electron chi connectivity index (χ3n) is 5.64. The molecule has 1 atom stereocenters. The number of carbonyl (C=O) groups is 1. The van der Waals surface area contributed by atoms with E-state index in [-0.39, 0.29) is 16.5 Å². The Labute approximate surface area is 192 Å². The number of halogens is 1. The molecule has 4 rings (SSSR count). The number of nitrogens with two attached hydrogens (primary N) is 1. The number of amides is 1. The highest BCUT2D eigenvalue weighted by Crippen LogP contribution is 2.32. The van der Waals surface area contributed by atoms with Gasteiger partial charge in [0.2, 0.25) is 0 Å². The monoisotopic (exact) mass is 468 g/mol. The molecule has 3 aromatic carbocycles. The lowest BCUT2D eigenvalue weighted by atomic mass is 10.0. The van der Waals surface area contributed by atoms with Gasteiger partial charge in [-0.25, -0.2) is 12.8 Å². The zero-order valence-corrected chi connectivity index (χ0v) is 19.0. The SMILES string of the molecule is CS(=O)(=O)c1ccccc1-c1ccc(N2CCCC(Oc3cccc(CN)c3)C2=O)c(F)c1. The zero-order chi connectivity index (χ0) is 23.6. The lowest BCUT2D eigenvalue weighted by molar-refractivity contribution is -0.127. The van der Waals surface area contributed by atoms with Crippen LogP contribution in [0.15, 0.2) is 71.6 Å². The van der Waals surface area contributed by atoms with E-state index in [0.717, 1.165) is 11.8 Å². The van der Waals surface area contributed by atoms with Crippen LogP contribution >= 0.6 is 0 Å². The molecule has 6 nitrogen and oxygen atoms in total. The van der Waals surface area contributed by atoms with E-state index in [4.69, 9.17) is 10.5 Å². The molecule has 1 unspecified atom stereocenters. The Balaban J connectivity index is 1.60. The molecule has 0 aliphatic carbocycles. The van der Waals surface area contributed by atoms with Gasteiger partial charge in [0.15, 0.2) is 15.9 Å². The van der Waals surface area contributed by atoms with E-state index in [2.05, 4.69) is 0 Å². The van der Waals surface area contributed by atoms with Crippen molar-refractivity contribution in [3.8, 4) is 16.9 Å². The fraction of sp³-hybridized carbons (Fsp3) is 0.240. The number of ether oxygens (including phenoxy) is 1. The van der Waals surface area contributed by atoms with Crippen molar-refractivity contribution >= 4 is 21.4 Å². The van der Waals surface area contributed by atoms with E-state index in [0.29, 0.717) is 42.8 Å². The van der Waals surface area contributed by atoms with E-state index < -0.39 is 21.8 Å². The summed E-state index contributed by atoms with van der Waals surface area (Å²) in [5, 5.41) is 0. The second kappa shape index (κ2) is 9.33. The highest BCUT2D eigenvalue weighted by Gasteiger charge is 2.33. The first-order valence-corrected chi connectivity index (χ1v) is 12.5. The first kappa shape index (κ1) is 22.9. The maximum absolute atomic E-state index is 15.2. The average molecular weight is 469 g/mol. The molecule has 0 bridgehead atoms. The first-order chi connectivity index (χ1) is 15.8. The molecule has 172 valence electrons. The third kappa shape index (κ3) is 4.91. The summed E-state index contributed by atoms with van der Waals surface area (Å²) in [4.78, 5) is 14.6. The summed E-state index contributed by atoms with van der Waals surface area (Å²) in [5.74, 6) is -0.371. The number of piperidine rings is 1. The second-order valence-corrected chi connectivity index (χ2v) is 10.0. The molecule has 0 spiro atoms. The van der Waals surface area contributed by atoms with Crippen molar-refractivity contribution in [1.82, 2.24) is 0 Å². The molecular weight excluding hydrogens is 443 g/mol. The molecule has 1 heterocycles. The summed E-state index contributed by atoms with van der Waals surface area (Å²) in [5.41, 5.74) is 7.55. The molecule has 0 aromatic heterocycles. The number of hydrogen-bond acceptors (Lipinski definition) is 5. The molecule has 0 radical (unpaired) electrons. The van der Waals surface area contributed by atoms with Crippen molar-refractivity contribution in [3.63, 3.8) is 0 Å². The van der Waals surface area contributed by atoms with E-state index in [1.807, 2.05) is 12.1 Å². The highest BCUT2D eigenvalue weighted by molar-refractivity contribution is 7.90. The fourth-order valence-electron chi connectivity index (χ4n) is 4.02. The number of hydrogen-bond donors (Lipinski definition) is 1. The Morgan fingerprint density at radius 1 is 1.09 bits per heavy atom. The van der Waals surface area contributed by atoms with Crippen LogP contribution in [-0.2, 0) is 21.2 Å². The Hall–Kier alpha value is -3.23. The minimum atomic E-state index is -3.49. The van der Waals surface area contributed by atoms with Crippen LogP contribution < -0.4 is 15.4 Å². The largest absolute Gasteiger partial charge is 0.481 e. The van der Waals surface area contributed by atoms with Gasteiger partial charge in [-0.1, -0.05) is 36.4 Å². The van der Waals surface area contributed by atoms with Gasteiger partial charge < -0.3 is 15.4 Å². The van der Waals surface area contributed by atoms with Crippen LogP contribution in [0.1, 0.15) is 18.4 Å². The predicted octanol–water partition coefficient (Wildman–Crippen LogP) is 3.93. The van der Waals surface area contributed by atoms with Gasteiger partial charge >= 0.3 is 0 Å². The molecule has 2 N–H and O–H groups in total. The standard InChI is InChI=1S/C25H25FN2O4S/c1-33(30,31)24-10-3-2-8-20(24)18-11-12-22(21(26)15-18)28-13-5-9-23(25(28)29)32-19-7-4-6-17(14-19)16-27/h2-4,6-8,10-12,14-15,23H,5,9,13,16,27H2,1H3. The lowest BCUT2D eigenvalue weighted by Gasteiger charge is -2.32. The quantitative estimate of drug-likeness (QED) is 0.592. The fourth-order valence-corrected chi connectivity index (χ4v) is 4.93. The van der Waals surface area contributed by atoms with Crippen molar-refractivity contribution in [1.29, 1.82) is 0 Å². The Bertz CT molecular complexity index is 1290. The second-order valence-electron chi connectivity index (χ2n) is 8.02. The summed E-state index contributed by atoms with van der Waals surface area (Å²) in [6, 6.07) is 18.1. The minimum absolute atomic E-state index is 0.124. The van der Waals surface area contributed by atoms with E-state index in [1.54, 1.807) is 36.4 Å². The Kier molecular flexibility index (Phi) is 6.49. The van der Waals surface area contributed by atoms with E-state index >= 15 is 4.39 Å². The van der Waals surface area contributed by atoms with Crippen molar-refractivity contribution in [2.45, 2.75) is 30.4 Å². The number of rotatable bonds is 6. The van der Waals surface area contributed by atoms with Gasteiger partial charge in [0.1, 0.15) is 11.6 Å². The van der Waals surface area contributed by atoms with Crippen LogP contribution in [0.3, 0.4) is 0 Å². The minimum Gasteiger partial charge on any atom is -0.481 e. The van der Waals surface area contributed by atoms with Crippen molar-refractivity contribution in [2.24, 2.45) is 5.73 Å². The van der Waals surface area contributed by atoms with Crippen LogP contribution in [0.4, 0.5) is 10.1 Å². The summed E-state index contributed by atoms with van der Waals surface area (Å²) < 4.78 is 45.3. The van der Waals surface area contributed by atoms with Crippen LogP contribution in [-0.4, -0.2) is 33.2 Å². The van der Waals surface area contributed by atoms with Crippen molar-refractivity contribution < 1.29 is 22.3 Å². The predicted molar refractivity (Wildman–Crippen MR) is 125 cm³/mol. The molecule has 0 saturated carbocycles. The average Bonchev–Trinajstić information content (AvgIpc) is 2.80. The molecule has 1 amide bonds. The van der Waals surface area contributed by atoms with Gasteiger partial charge in [0.25, 0.3) is 5.91 Å². The molecular formula is C25H25FN2O4S. The van der Waals surface area contributed by atoms with Crippen LogP contribution in [0.2, 0.25) is 0 Å². The van der Waals surface area contributed by atoms with Gasteiger partial charge in [0, 0.05) is 24.9 Å². The number of benzene rings is 3. The highest BCUT2D eigenvalue weighted by atomic mass is 32.2. The lowest BCUT2D eigenvalue weighted by Crippen LogP contribution is -2.47. The molecule has 1 aliphatic rings. The van der Waals surface area contributed by atoms with Crippen LogP contribution in [0, 0.1) is 5.82 Å². The molecule has 3 aromatic rings. The summed E-state index contributed by atoms with van der Waals surface area (Å²) >= 11 is 0. The topological polar surface area (TPSA) is 89.7 Å². The van der Waals surface area contributed by atoms with Crippen molar-refractivity contribution in [2.75, 3.05) is 17.7 Å². The van der Waals surface area contributed by atoms with E-state index in [9.17, 15) is 13.2 Å². The summed E-state index contributed by atoms with van der Waals surface area (Å²) in [6.45, 7) is 0.736. The van der Waals surface area contributed by atoms with Gasteiger partial charge in [-0.2, -0.15) is 0 Å². The number of sulfone groups is 1. The number of carbonyl (C=O) groups excluding carboxylic acids is 1. The maximum atomic E-state index is 15.2. The maximum Gasteiger partial charge on any atom is 0.268 e. The molecule has 8 heteroatoms. The first-order valence-electron chi connectivity index (χ1n) is 10.6. The van der Waals surface area contributed by atoms with Gasteiger partial charge in [-0.3, -0.25) is 4.79 Å². The van der Waals surface area contributed by atoms with Crippen LogP contribution in [0.5, 0.6) is 5.75 Å². The number of anilines is 1. The van der Waals surface area contributed by atoms with Gasteiger partial charge in [0.05, 0.1) is 10.6 Å². The third-order valence-corrected chi connectivity index (χ3v) is 6.79. The summed E-state index contributed by atoms with van der Waals surface area (Å²) in [6.07, 6.45) is 1.58. The molecule has 1 aliphatic heterocycles.